The van der Waals surface area contributed by atoms with Crippen molar-refractivity contribution in [3.63, 3.8) is 0 Å². The predicted octanol–water partition coefficient (Wildman–Crippen LogP) is 2.94. The van der Waals surface area contributed by atoms with Gasteiger partial charge in [-0.05, 0) is 42.3 Å². The lowest BCUT2D eigenvalue weighted by atomic mass is 10.1. The van der Waals surface area contributed by atoms with Crippen LogP contribution in [0.4, 0.5) is 22.0 Å². The molecule has 0 atom stereocenters. The first-order valence-electron chi connectivity index (χ1n) is 12.5. The second-order valence-electron chi connectivity index (χ2n) is 8.81. The molecule has 202 valence electrons. The molecule has 6 N–H and O–H groups in total. The van der Waals surface area contributed by atoms with Crippen molar-refractivity contribution in [1.82, 2.24) is 20.5 Å². The van der Waals surface area contributed by atoms with E-state index in [4.69, 9.17) is 5.73 Å². The number of nitrogens with one attached hydrogen (secondary N) is 4. The zero-order valence-corrected chi connectivity index (χ0v) is 22.9. The first-order chi connectivity index (χ1) is 18.4. The summed E-state index contributed by atoms with van der Waals surface area (Å²) in [6.45, 7) is 5.93. The number of amides is 3. The molecule has 1 aromatic carbocycles. The summed E-state index contributed by atoms with van der Waals surface area (Å²) in [5, 5.41) is 11.9. The lowest BCUT2D eigenvalue weighted by Crippen LogP contribution is -2.42. The molecular formula is C26H33N7O3S2. The average molecular weight is 556 g/mol. The highest BCUT2D eigenvalue weighted by Gasteiger charge is 2.18. The number of thiophene rings is 1. The van der Waals surface area contributed by atoms with E-state index in [9.17, 15) is 13.8 Å². The van der Waals surface area contributed by atoms with Gasteiger partial charge in [-0.1, -0.05) is 18.2 Å². The SMILES string of the molecule is CCNc1cc(-c2ccc(NC(=O)NCc3ccc(N)nc3)cc2)sc1C(=O)NCCN1CCS(=O)CC1. The Kier molecular flexibility index (Phi) is 9.68. The molecule has 2 aromatic heterocycles. The van der Waals surface area contributed by atoms with E-state index in [1.807, 2.05) is 43.3 Å². The monoisotopic (exact) mass is 555 g/mol. The van der Waals surface area contributed by atoms with Crippen molar-refractivity contribution in [2.45, 2.75) is 13.5 Å². The lowest BCUT2D eigenvalue weighted by molar-refractivity contribution is 0.0953. The van der Waals surface area contributed by atoms with Gasteiger partial charge in [-0.3, -0.25) is 13.9 Å². The number of rotatable bonds is 10. The van der Waals surface area contributed by atoms with E-state index in [1.165, 1.54) is 11.3 Å². The maximum absolute atomic E-state index is 13.0. The second-order valence-corrected chi connectivity index (χ2v) is 11.6. The smallest absolute Gasteiger partial charge is 0.319 e. The Balaban J connectivity index is 1.32. The van der Waals surface area contributed by atoms with Crippen LogP contribution in [0.25, 0.3) is 10.4 Å². The van der Waals surface area contributed by atoms with Crippen LogP contribution in [0.2, 0.25) is 0 Å². The summed E-state index contributed by atoms with van der Waals surface area (Å²) in [5.41, 5.74) is 8.85. The number of aromatic nitrogens is 1. The fourth-order valence-electron chi connectivity index (χ4n) is 3.95. The third-order valence-corrected chi connectivity index (χ3v) is 8.48. The summed E-state index contributed by atoms with van der Waals surface area (Å²) >= 11 is 1.43. The minimum atomic E-state index is -0.705. The van der Waals surface area contributed by atoms with Crippen LogP contribution in [-0.4, -0.2) is 70.3 Å². The van der Waals surface area contributed by atoms with Gasteiger partial charge in [0.25, 0.3) is 5.91 Å². The van der Waals surface area contributed by atoms with Gasteiger partial charge in [-0.25, -0.2) is 9.78 Å². The normalized spacial score (nSPS) is 14.1. The molecule has 4 rings (SSSR count). The van der Waals surface area contributed by atoms with Crippen molar-refractivity contribution >= 4 is 51.3 Å². The van der Waals surface area contributed by atoms with E-state index in [0.29, 0.717) is 47.5 Å². The number of hydrogen-bond acceptors (Lipinski definition) is 8. The molecule has 0 saturated carbocycles. The number of nitrogens with two attached hydrogens (primary N) is 1. The van der Waals surface area contributed by atoms with E-state index in [1.54, 1.807) is 12.3 Å². The van der Waals surface area contributed by atoms with Gasteiger partial charge in [0.15, 0.2) is 0 Å². The van der Waals surface area contributed by atoms with Gasteiger partial charge >= 0.3 is 6.03 Å². The van der Waals surface area contributed by atoms with Crippen molar-refractivity contribution in [2.75, 3.05) is 60.6 Å². The van der Waals surface area contributed by atoms with Crippen LogP contribution in [0.1, 0.15) is 22.2 Å². The highest BCUT2D eigenvalue weighted by Crippen LogP contribution is 2.35. The first kappa shape index (κ1) is 27.6. The van der Waals surface area contributed by atoms with Crippen molar-refractivity contribution in [3.05, 3.63) is 59.1 Å². The van der Waals surface area contributed by atoms with Crippen LogP contribution in [0.5, 0.6) is 0 Å². The van der Waals surface area contributed by atoms with E-state index < -0.39 is 10.8 Å². The maximum Gasteiger partial charge on any atom is 0.319 e. The van der Waals surface area contributed by atoms with Crippen molar-refractivity contribution < 1.29 is 13.8 Å². The fourth-order valence-corrected chi connectivity index (χ4v) is 6.13. The van der Waals surface area contributed by atoms with E-state index in [2.05, 4.69) is 31.2 Å². The van der Waals surface area contributed by atoms with Crippen molar-refractivity contribution in [3.8, 4) is 10.4 Å². The van der Waals surface area contributed by atoms with Crippen LogP contribution in [0.15, 0.2) is 48.7 Å². The van der Waals surface area contributed by atoms with Crippen LogP contribution in [-0.2, 0) is 17.3 Å². The molecule has 0 radical (unpaired) electrons. The molecule has 3 aromatic rings. The van der Waals surface area contributed by atoms with Crippen molar-refractivity contribution in [2.24, 2.45) is 0 Å². The molecule has 1 fully saturated rings. The number of hydrogen-bond donors (Lipinski definition) is 5. The number of nitrogen functional groups attached to an aromatic ring is 1. The first-order valence-corrected chi connectivity index (χ1v) is 14.8. The molecule has 1 saturated heterocycles. The maximum atomic E-state index is 13.0. The average Bonchev–Trinajstić information content (AvgIpc) is 3.34. The van der Waals surface area contributed by atoms with Crippen LogP contribution in [0.3, 0.4) is 0 Å². The van der Waals surface area contributed by atoms with E-state index in [0.717, 1.165) is 41.3 Å². The van der Waals surface area contributed by atoms with Gasteiger partial charge in [0.1, 0.15) is 10.7 Å². The molecule has 0 unspecified atom stereocenters. The van der Waals surface area contributed by atoms with Crippen molar-refractivity contribution in [1.29, 1.82) is 0 Å². The number of anilines is 3. The summed E-state index contributed by atoms with van der Waals surface area (Å²) in [4.78, 5) is 33.1. The van der Waals surface area contributed by atoms with Gasteiger partial charge in [-0.15, -0.1) is 11.3 Å². The second kappa shape index (κ2) is 13.4. The lowest BCUT2D eigenvalue weighted by Gasteiger charge is -2.25. The molecule has 3 amide bonds. The summed E-state index contributed by atoms with van der Waals surface area (Å²) in [7, 11) is -0.705. The summed E-state index contributed by atoms with van der Waals surface area (Å²) in [6, 6.07) is 12.7. The van der Waals surface area contributed by atoms with Gasteiger partial charge in [0, 0.05) is 78.3 Å². The summed E-state index contributed by atoms with van der Waals surface area (Å²) in [5.74, 6) is 1.73. The predicted molar refractivity (Wildman–Crippen MR) is 155 cm³/mol. The Labute approximate surface area is 228 Å². The molecule has 38 heavy (non-hydrogen) atoms. The summed E-state index contributed by atoms with van der Waals surface area (Å²) in [6.07, 6.45) is 1.63. The van der Waals surface area contributed by atoms with Gasteiger partial charge < -0.3 is 27.0 Å². The van der Waals surface area contributed by atoms with Crippen LogP contribution >= 0.6 is 11.3 Å². The van der Waals surface area contributed by atoms with E-state index >= 15 is 0 Å². The van der Waals surface area contributed by atoms with Gasteiger partial charge in [0.05, 0.1) is 5.69 Å². The molecule has 10 nitrogen and oxygen atoms in total. The molecule has 1 aliphatic heterocycles. The standard InChI is InChI=1S/C26H33N7O3S2/c1-2-28-21-15-22(37-24(21)25(34)29-9-10-33-11-13-38(36)14-12-33)19-4-6-20(7-5-19)32-26(35)31-17-18-3-8-23(27)30-16-18/h3-8,15-16,28H,2,9-14,17H2,1H3,(H2,27,30)(H,29,34)(H2,31,32,35). The van der Waals surface area contributed by atoms with Gasteiger partial charge in [-0.2, -0.15) is 0 Å². The quantitative estimate of drug-likeness (QED) is 0.259. The highest BCUT2D eigenvalue weighted by atomic mass is 32.2. The van der Waals surface area contributed by atoms with E-state index in [-0.39, 0.29) is 11.9 Å². The zero-order chi connectivity index (χ0) is 26.9. The molecule has 0 bridgehead atoms. The number of nitrogens with zero attached hydrogens (tertiary/aromatic N) is 2. The third-order valence-electron chi connectivity index (χ3n) is 6.02. The molecule has 1 aliphatic rings. The highest BCUT2D eigenvalue weighted by molar-refractivity contribution is 7.85. The van der Waals surface area contributed by atoms with Gasteiger partial charge in [0.2, 0.25) is 0 Å². The minimum absolute atomic E-state index is 0.107. The van der Waals surface area contributed by atoms with Crippen LogP contribution < -0.4 is 27.0 Å². The largest absolute Gasteiger partial charge is 0.384 e. The topological polar surface area (TPSA) is 141 Å². The molecule has 3 heterocycles. The Morgan fingerprint density at radius 2 is 1.87 bits per heavy atom. The minimum Gasteiger partial charge on any atom is -0.384 e. The Morgan fingerprint density at radius 3 is 2.55 bits per heavy atom. The Bertz CT molecular complexity index is 1250. The molecule has 12 heteroatoms. The zero-order valence-electron chi connectivity index (χ0n) is 21.3. The molecule has 0 spiro atoms. The third kappa shape index (κ3) is 7.76. The fraction of sp³-hybridized carbons (Fsp3) is 0.346. The number of pyridine rings is 1. The molecule has 0 aliphatic carbocycles. The number of carbonyl (C=O) groups is 2. The summed E-state index contributed by atoms with van der Waals surface area (Å²) < 4.78 is 11.5. The number of benzene rings is 1. The Morgan fingerprint density at radius 1 is 1.11 bits per heavy atom. The molecular weight excluding hydrogens is 522 g/mol. The number of carbonyl (C=O) groups excluding carboxylic acids is 2. The number of urea groups is 1. The van der Waals surface area contributed by atoms with Crippen LogP contribution in [0, 0.1) is 0 Å². The Hall–Kier alpha value is -3.48.